The van der Waals surface area contributed by atoms with E-state index < -0.39 is 36.8 Å². The topological polar surface area (TPSA) is 111 Å². The highest BCUT2D eigenvalue weighted by Crippen LogP contribution is 2.26. The van der Waals surface area contributed by atoms with Crippen molar-refractivity contribution in [2.75, 3.05) is 25.0 Å². The van der Waals surface area contributed by atoms with Crippen LogP contribution in [0, 0.1) is 23.1 Å². The number of amides is 2. The zero-order chi connectivity index (χ0) is 21.8. The van der Waals surface area contributed by atoms with Crippen LogP contribution in [-0.2, 0) is 9.53 Å². The molecule has 2 heterocycles. The minimum Gasteiger partial charge on any atom is -0.443 e. The third kappa shape index (κ3) is 4.53. The second kappa shape index (κ2) is 8.86. The molecule has 1 fully saturated rings. The third-order valence-electron chi connectivity index (χ3n) is 4.84. The molecule has 0 aromatic heterocycles. The standard InChI is InChI=1S/C19H18F3N5O3/c20-12-1-3-13(4-2-12)25-18-14(17(24)28)9-27(18)15-5-6-26(8-11(15)7-23)19(29)30-10-16(21)22/h1-4,9,11,15-16H,5-6,8,10H2,(H2,24,28)/p+1. The number of nitrogens with zero attached hydrogens (tertiary/aromatic N) is 3. The van der Waals surface area contributed by atoms with Gasteiger partial charge < -0.3 is 15.4 Å². The first kappa shape index (κ1) is 21.2. The fourth-order valence-corrected chi connectivity index (χ4v) is 3.37. The van der Waals surface area contributed by atoms with Gasteiger partial charge in [-0.05, 0) is 24.3 Å². The van der Waals surface area contributed by atoms with Gasteiger partial charge in [0, 0.05) is 19.5 Å². The van der Waals surface area contributed by atoms with E-state index in [0.717, 1.165) is 0 Å². The molecule has 158 valence electrons. The Morgan fingerprint density at radius 2 is 2.07 bits per heavy atom. The zero-order valence-corrected chi connectivity index (χ0v) is 15.7. The SMILES string of the molecule is N#CC1CN(C(=O)OCC(F)F)CCC1[N+]1=C(Nc2ccc(F)cc2)C(C(N)=O)=C1. The maximum absolute atomic E-state index is 13.1. The van der Waals surface area contributed by atoms with Crippen LogP contribution < -0.4 is 11.1 Å². The Labute approximate surface area is 170 Å². The van der Waals surface area contributed by atoms with Crippen LogP contribution in [0.3, 0.4) is 0 Å². The second-order valence-electron chi connectivity index (χ2n) is 6.80. The molecule has 2 aliphatic heterocycles. The number of carbonyl (C=O) groups is 2. The fraction of sp³-hybridized carbons (Fsp3) is 0.368. The van der Waals surface area contributed by atoms with Crippen LogP contribution in [0.25, 0.3) is 0 Å². The second-order valence-corrected chi connectivity index (χ2v) is 6.80. The van der Waals surface area contributed by atoms with Crippen molar-refractivity contribution < 1.29 is 32.1 Å². The predicted octanol–water partition coefficient (Wildman–Crippen LogP) is 1.65. The number of rotatable bonds is 5. The molecular weight excluding hydrogens is 403 g/mol. The quantitative estimate of drug-likeness (QED) is 0.701. The fourth-order valence-electron chi connectivity index (χ4n) is 3.37. The molecule has 3 rings (SSSR count). The first-order valence-electron chi connectivity index (χ1n) is 9.09. The number of anilines is 1. The Morgan fingerprint density at radius 1 is 1.37 bits per heavy atom. The molecular formula is C19H19F3N5O3+. The molecule has 1 aromatic carbocycles. The summed E-state index contributed by atoms with van der Waals surface area (Å²) < 4.78 is 43.8. The van der Waals surface area contributed by atoms with Crippen molar-refractivity contribution in [3.63, 3.8) is 0 Å². The lowest BCUT2D eigenvalue weighted by Crippen LogP contribution is -2.53. The van der Waals surface area contributed by atoms with E-state index in [4.69, 9.17) is 5.73 Å². The Kier molecular flexibility index (Phi) is 6.25. The lowest BCUT2D eigenvalue weighted by Gasteiger charge is -2.36. The summed E-state index contributed by atoms with van der Waals surface area (Å²) in [7, 11) is 0. The first-order valence-corrected chi connectivity index (χ1v) is 9.09. The highest BCUT2D eigenvalue weighted by atomic mass is 19.3. The third-order valence-corrected chi connectivity index (χ3v) is 4.84. The normalized spacial score (nSPS) is 20.9. The molecule has 0 aliphatic carbocycles. The van der Waals surface area contributed by atoms with Gasteiger partial charge in [-0.1, -0.05) is 0 Å². The predicted molar refractivity (Wildman–Crippen MR) is 99.0 cm³/mol. The van der Waals surface area contributed by atoms with E-state index >= 15 is 0 Å². The highest BCUT2D eigenvalue weighted by molar-refractivity contribution is 6.24. The van der Waals surface area contributed by atoms with Crippen LogP contribution in [0.1, 0.15) is 6.42 Å². The Bertz CT molecular complexity index is 940. The number of benzene rings is 1. The lowest BCUT2D eigenvalue weighted by molar-refractivity contribution is -0.521. The molecule has 0 spiro atoms. The van der Waals surface area contributed by atoms with Crippen LogP contribution >= 0.6 is 0 Å². The van der Waals surface area contributed by atoms with E-state index in [0.29, 0.717) is 17.9 Å². The number of likely N-dealkylation sites (tertiary alicyclic amines) is 1. The van der Waals surface area contributed by atoms with Gasteiger partial charge in [-0.2, -0.15) is 5.26 Å². The summed E-state index contributed by atoms with van der Waals surface area (Å²) in [6, 6.07) is 7.20. The number of carbonyl (C=O) groups excluding carboxylic acids is 2. The minimum atomic E-state index is -2.77. The van der Waals surface area contributed by atoms with E-state index in [2.05, 4.69) is 16.1 Å². The van der Waals surface area contributed by atoms with Crippen molar-refractivity contribution in [2.24, 2.45) is 11.7 Å². The van der Waals surface area contributed by atoms with E-state index in [1.165, 1.54) is 35.4 Å². The van der Waals surface area contributed by atoms with Gasteiger partial charge in [-0.3, -0.25) is 4.79 Å². The molecule has 2 aliphatic rings. The molecule has 8 nitrogen and oxygen atoms in total. The van der Waals surface area contributed by atoms with E-state index in [9.17, 15) is 28.0 Å². The number of primary amides is 1. The Morgan fingerprint density at radius 3 is 2.67 bits per heavy atom. The molecule has 2 atom stereocenters. The van der Waals surface area contributed by atoms with Crippen LogP contribution in [0.2, 0.25) is 0 Å². The summed E-state index contributed by atoms with van der Waals surface area (Å²) in [6.45, 7) is -0.833. The number of amidine groups is 1. The monoisotopic (exact) mass is 422 g/mol. The van der Waals surface area contributed by atoms with Crippen LogP contribution in [-0.4, -0.2) is 59.5 Å². The first-order chi connectivity index (χ1) is 14.3. The van der Waals surface area contributed by atoms with Gasteiger partial charge in [0.1, 0.15) is 29.7 Å². The van der Waals surface area contributed by atoms with Gasteiger partial charge in [-0.15, -0.1) is 0 Å². The molecule has 0 saturated carbocycles. The van der Waals surface area contributed by atoms with Crippen molar-refractivity contribution in [3.8, 4) is 6.07 Å². The van der Waals surface area contributed by atoms with E-state index in [1.54, 1.807) is 4.58 Å². The van der Waals surface area contributed by atoms with Gasteiger partial charge in [0.2, 0.25) is 0 Å². The molecule has 0 bridgehead atoms. The summed E-state index contributed by atoms with van der Waals surface area (Å²) in [6.07, 6.45) is -1.83. The van der Waals surface area contributed by atoms with Crippen molar-refractivity contribution in [1.29, 1.82) is 5.26 Å². The van der Waals surface area contributed by atoms with E-state index in [-0.39, 0.29) is 24.7 Å². The van der Waals surface area contributed by atoms with Gasteiger partial charge in [-0.25, -0.2) is 27.9 Å². The number of hydrogen-bond donors (Lipinski definition) is 2. The van der Waals surface area contributed by atoms with Gasteiger partial charge >= 0.3 is 6.09 Å². The molecule has 3 N–H and O–H groups in total. The number of nitrogens with two attached hydrogens (primary N) is 1. The van der Waals surface area contributed by atoms with Crippen LogP contribution in [0.5, 0.6) is 0 Å². The average molecular weight is 422 g/mol. The average Bonchev–Trinajstić information content (AvgIpc) is 2.70. The number of alkyl halides is 2. The summed E-state index contributed by atoms with van der Waals surface area (Å²) in [5.74, 6) is -1.39. The number of nitrogens with one attached hydrogen (secondary N) is 1. The Balaban J connectivity index is 1.76. The van der Waals surface area contributed by atoms with Crippen molar-refractivity contribution in [2.45, 2.75) is 18.9 Å². The van der Waals surface area contributed by atoms with Crippen molar-refractivity contribution in [3.05, 3.63) is 41.9 Å². The lowest BCUT2D eigenvalue weighted by atomic mass is 9.91. The number of ether oxygens (including phenoxy) is 1. The highest BCUT2D eigenvalue weighted by Gasteiger charge is 2.43. The minimum absolute atomic E-state index is 0.0106. The van der Waals surface area contributed by atoms with E-state index in [1.807, 2.05) is 0 Å². The molecule has 1 aromatic rings. The number of hydrogen-bond acceptors (Lipinski definition) is 5. The molecule has 1 saturated heterocycles. The maximum atomic E-state index is 13.1. The molecule has 2 amide bonds. The molecule has 0 radical (unpaired) electrons. The molecule has 2 unspecified atom stereocenters. The molecule has 30 heavy (non-hydrogen) atoms. The largest absolute Gasteiger partial charge is 0.443 e. The maximum Gasteiger partial charge on any atom is 0.410 e. The van der Waals surface area contributed by atoms with Gasteiger partial charge in [0.15, 0.2) is 12.2 Å². The van der Waals surface area contributed by atoms with Crippen molar-refractivity contribution in [1.82, 2.24) is 4.90 Å². The number of piperidine rings is 1. The zero-order valence-electron chi connectivity index (χ0n) is 15.7. The summed E-state index contributed by atoms with van der Waals surface area (Å²) in [4.78, 5) is 24.8. The van der Waals surface area contributed by atoms with Crippen molar-refractivity contribution >= 4 is 23.5 Å². The summed E-state index contributed by atoms with van der Waals surface area (Å²) in [5, 5.41) is 12.6. The Hall–Kier alpha value is -3.55. The summed E-state index contributed by atoms with van der Waals surface area (Å²) in [5.41, 5.74) is 6.13. The number of halogens is 3. The number of nitriles is 1. The van der Waals surface area contributed by atoms with Gasteiger partial charge in [0.05, 0.1) is 6.07 Å². The van der Waals surface area contributed by atoms with Crippen LogP contribution in [0.15, 0.2) is 36.0 Å². The summed E-state index contributed by atoms with van der Waals surface area (Å²) >= 11 is 0. The smallest absolute Gasteiger partial charge is 0.410 e. The molecule has 11 heteroatoms. The van der Waals surface area contributed by atoms with Gasteiger partial charge in [0.25, 0.3) is 18.2 Å². The van der Waals surface area contributed by atoms with Crippen LogP contribution in [0.4, 0.5) is 23.7 Å².